The first-order chi connectivity index (χ1) is 5.88. The number of rotatable bonds is 3. The first-order valence-electron chi connectivity index (χ1n) is 3.60. The summed E-state index contributed by atoms with van der Waals surface area (Å²) in [5.41, 5.74) is 0.939. The van der Waals surface area contributed by atoms with Crippen LogP contribution < -0.4 is 0 Å². The van der Waals surface area contributed by atoms with Gasteiger partial charge < -0.3 is 4.74 Å². The standard InChI is InChI=1S/C10H9NO/c1-2-10(12-8-11)9-6-4-3-5-7-9/h2-7,10H,1H2. The van der Waals surface area contributed by atoms with Crippen LogP contribution in [0.15, 0.2) is 43.0 Å². The van der Waals surface area contributed by atoms with E-state index in [0.29, 0.717) is 0 Å². The van der Waals surface area contributed by atoms with Crippen molar-refractivity contribution in [1.29, 1.82) is 5.26 Å². The van der Waals surface area contributed by atoms with Crippen molar-refractivity contribution < 1.29 is 4.74 Å². The first kappa shape index (κ1) is 8.35. The minimum Gasteiger partial charge on any atom is -0.415 e. The lowest BCUT2D eigenvalue weighted by Crippen LogP contribution is -1.95. The van der Waals surface area contributed by atoms with Crippen LogP contribution in [0.2, 0.25) is 0 Å². The third kappa shape index (κ3) is 1.86. The molecule has 12 heavy (non-hydrogen) atoms. The molecule has 0 aliphatic carbocycles. The zero-order valence-corrected chi connectivity index (χ0v) is 6.60. The zero-order chi connectivity index (χ0) is 8.81. The maximum atomic E-state index is 8.31. The van der Waals surface area contributed by atoms with Gasteiger partial charge in [-0.3, -0.25) is 0 Å². The van der Waals surface area contributed by atoms with Gasteiger partial charge in [0.2, 0.25) is 0 Å². The van der Waals surface area contributed by atoms with Crippen LogP contribution in [0.25, 0.3) is 0 Å². The van der Waals surface area contributed by atoms with Gasteiger partial charge in [-0.15, -0.1) is 0 Å². The van der Waals surface area contributed by atoms with Gasteiger partial charge in [0.25, 0.3) is 6.26 Å². The predicted molar refractivity (Wildman–Crippen MR) is 46.1 cm³/mol. The van der Waals surface area contributed by atoms with Crippen LogP contribution in [0, 0.1) is 11.5 Å². The van der Waals surface area contributed by atoms with Gasteiger partial charge >= 0.3 is 0 Å². The van der Waals surface area contributed by atoms with Gasteiger partial charge in [0.15, 0.2) is 6.10 Å². The molecule has 2 heteroatoms. The summed E-state index contributed by atoms with van der Waals surface area (Å²) < 4.78 is 4.76. The number of hydrogen-bond donors (Lipinski definition) is 0. The minimum absolute atomic E-state index is 0.323. The fraction of sp³-hybridized carbons (Fsp3) is 0.100. The number of ether oxygens (including phenoxy) is 1. The second-order valence-corrected chi connectivity index (χ2v) is 2.28. The summed E-state index contributed by atoms with van der Waals surface area (Å²) in [4.78, 5) is 0. The van der Waals surface area contributed by atoms with E-state index in [1.807, 2.05) is 30.3 Å². The summed E-state index contributed by atoms with van der Waals surface area (Å²) in [6, 6.07) is 9.49. The lowest BCUT2D eigenvalue weighted by atomic mass is 10.1. The van der Waals surface area contributed by atoms with E-state index in [0.717, 1.165) is 5.56 Å². The second-order valence-electron chi connectivity index (χ2n) is 2.28. The Morgan fingerprint density at radius 3 is 2.58 bits per heavy atom. The Morgan fingerprint density at radius 2 is 2.08 bits per heavy atom. The molecule has 60 valence electrons. The molecule has 0 saturated heterocycles. The topological polar surface area (TPSA) is 33.0 Å². The minimum atomic E-state index is -0.323. The highest BCUT2D eigenvalue weighted by Crippen LogP contribution is 2.16. The number of hydrogen-bond acceptors (Lipinski definition) is 2. The maximum absolute atomic E-state index is 8.31. The summed E-state index contributed by atoms with van der Waals surface area (Å²) in [5, 5.41) is 8.31. The number of nitrogens with zero attached hydrogens (tertiary/aromatic N) is 1. The van der Waals surface area contributed by atoms with Crippen LogP contribution in [-0.4, -0.2) is 0 Å². The third-order valence-electron chi connectivity index (χ3n) is 1.52. The Balaban J connectivity index is 2.81. The highest BCUT2D eigenvalue weighted by molar-refractivity contribution is 5.20. The summed E-state index contributed by atoms with van der Waals surface area (Å²) in [6.45, 7) is 3.58. The molecular formula is C10H9NO. The van der Waals surface area contributed by atoms with Gasteiger partial charge in [-0.1, -0.05) is 36.9 Å². The molecule has 0 heterocycles. The van der Waals surface area contributed by atoms with Crippen molar-refractivity contribution in [1.82, 2.24) is 0 Å². The molecule has 0 aromatic heterocycles. The van der Waals surface area contributed by atoms with Crippen LogP contribution in [0.5, 0.6) is 0 Å². The van der Waals surface area contributed by atoms with Gasteiger partial charge in [-0.05, 0) is 11.6 Å². The molecule has 0 spiro atoms. The summed E-state index contributed by atoms with van der Waals surface area (Å²) in [6.07, 6.45) is 2.92. The van der Waals surface area contributed by atoms with E-state index in [1.165, 1.54) is 0 Å². The molecule has 0 aliphatic rings. The number of nitriles is 1. The largest absolute Gasteiger partial charge is 0.415 e. The quantitative estimate of drug-likeness (QED) is 0.501. The van der Waals surface area contributed by atoms with Crippen LogP contribution in [0.1, 0.15) is 11.7 Å². The molecule has 1 rings (SSSR count). The molecule has 0 radical (unpaired) electrons. The normalized spacial score (nSPS) is 11.2. The van der Waals surface area contributed by atoms with Crippen molar-refractivity contribution in [2.24, 2.45) is 0 Å². The van der Waals surface area contributed by atoms with Crippen LogP contribution in [0.4, 0.5) is 0 Å². The molecule has 0 N–H and O–H groups in total. The average Bonchev–Trinajstić information content (AvgIpc) is 2.15. The van der Waals surface area contributed by atoms with E-state index < -0.39 is 0 Å². The molecule has 0 fully saturated rings. The predicted octanol–water partition coefficient (Wildman–Crippen LogP) is 2.41. The Morgan fingerprint density at radius 1 is 1.42 bits per heavy atom. The molecule has 1 unspecified atom stereocenters. The lowest BCUT2D eigenvalue weighted by Gasteiger charge is -2.07. The number of benzene rings is 1. The molecule has 1 aromatic rings. The SMILES string of the molecule is C=CC(OC#N)c1ccccc1. The van der Waals surface area contributed by atoms with E-state index in [4.69, 9.17) is 10.00 Å². The van der Waals surface area contributed by atoms with Crippen molar-refractivity contribution >= 4 is 0 Å². The van der Waals surface area contributed by atoms with Crippen molar-refractivity contribution in [3.63, 3.8) is 0 Å². The van der Waals surface area contributed by atoms with Crippen molar-refractivity contribution in [3.8, 4) is 6.26 Å². The molecular weight excluding hydrogens is 150 g/mol. The van der Waals surface area contributed by atoms with E-state index in [2.05, 4.69) is 6.58 Å². The monoisotopic (exact) mass is 159 g/mol. The van der Waals surface area contributed by atoms with Gasteiger partial charge in [-0.2, -0.15) is 5.26 Å². The van der Waals surface area contributed by atoms with Gasteiger partial charge in [-0.25, -0.2) is 0 Å². The fourth-order valence-electron chi connectivity index (χ4n) is 0.952. The molecule has 0 aliphatic heterocycles. The van der Waals surface area contributed by atoms with Crippen LogP contribution >= 0.6 is 0 Å². The first-order valence-corrected chi connectivity index (χ1v) is 3.60. The summed E-state index contributed by atoms with van der Waals surface area (Å²) in [5.74, 6) is 0. The molecule has 0 amide bonds. The molecule has 0 saturated carbocycles. The Kier molecular flexibility index (Phi) is 2.92. The van der Waals surface area contributed by atoms with E-state index in [1.54, 1.807) is 12.3 Å². The lowest BCUT2D eigenvalue weighted by molar-refractivity contribution is 0.210. The molecule has 0 bridgehead atoms. The molecule has 1 aromatic carbocycles. The Hall–Kier alpha value is -1.75. The van der Waals surface area contributed by atoms with E-state index >= 15 is 0 Å². The Bertz CT molecular complexity index is 286. The highest BCUT2D eigenvalue weighted by atomic mass is 16.5. The fourth-order valence-corrected chi connectivity index (χ4v) is 0.952. The average molecular weight is 159 g/mol. The Labute approximate surface area is 71.7 Å². The van der Waals surface area contributed by atoms with Crippen molar-refractivity contribution in [2.75, 3.05) is 0 Å². The van der Waals surface area contributed by atoms with Crippen molar-refractivity contribution in [3.05, 3.63) is 48.6 Å². The molecule has 2 nitrogen and oxygen atoms in total. The second kappa shape index (κ2) is 4.20. The third-order valence-corrected chi connectivity index (χ3v) is 1.52. The van der Waals surface area contributed by atoms with Gasteiger partial charge in [0, 0.05) is 0 Å². The van der Waals surface area contributed by atoms with Crippen LogP contribution in [0.3, 0.4) is 0 Å². The molecule has 1 atom stereocenters. The zero-order valence-electron chi connectivity index (χ0n) is 6.60. The summed E-state index contributed by atoms with van der Waals surface area (Å²) in [7, 11) is 0. The summed E-state index contributed by atoms with van der Waals surface area (Å²) >= 11 is 0. The van der Waals surface area contributed by atoms with Crippen molar-refractivity contribution in [2.45, 2.75) is 6.10 Å². The van der Waals surface area contributed by atoms with Gasteiger partial charge in [0.1, 0.15) is 0 Å². The maximum Gasteiger partial charge on any atom is 0.287 e. The van der Waals surface area contributed by atoms with E-state index in [9.17, 15) is 0 Å². The van der Waals surface area contributed by atoms with Gasteiger partial charge in [0.05, 0.1) is 0 Å². The highest BCUT2D eigenvalue weighted by Gasteiger charge is 2.05. The van der Waals surface area contributed by atoms with E-state index in [-0.39, 0.29) is 6.10 Å². The van der Waals surface area contributed by atoms with Crippen LogP contribution in [-0.2, 0) is 4.74 Å². The smallest absolute Gasteiger partial charge is 0.287 e.